The number of carbonyl (C=O) groups excluding carboxylic acids is 4. The number of ether oxygens (including phenoxy) is 2. The topological polar surface area (TPSA) is 144 Å². The van der Waals surface area contributed by atoms with Gasteiger partial charge in [0.1, 0.15) is 29.4 Å². The Kier molecular flexibility index (Phi) is 10.6. The number of rotatable bonds is 9. The van der Waals surface area contributed by atoms with E-state index < -0.39 is 35.6 Å². The zero-order chi connectivity index (χ0) is 27.3. The second-order valence-corrected chi connectivity index (χ2v) is 9.44. The first-order valence-electron chi connectivity index (χ1n) is 11.5. The predicted octanol–water partition coefficient (Wildman–Crippen LogP) is 3.51. The van der Waals surface area contributed by atoms with Crippen LogP contribution in [0.1, 0.15) is 36.7 Å². The maximum atomic E-state index is 13.2. The molecule has 199 valence electrons. The molecule has 0 bridgehead atoms. The molecule has 0 saturated heterocycles. The van der Waals surface area contributed by atoms with E-state index in [-0.39, 0.29) is 39.1 Å². The molecule has 2 unspecified atom stereocenters. The fraction of sp³-hybridized carbons (Fsp3) is 0.259. The summed E-state index contributed by atoms with van der Waals surface area (Å²) in [4.78, 5) is 52.1. The molecule has 0 saturated carbocycles. The maximum absolute atomic E-state index is 13.2. The molecule has 3 rings (SSSR count). The molecule has 0 aliphatic heterocycles. The summed E-state index contributed by atoms with van der Waals surface area (Å²) >= 11 is 0. The molecule has 0 fully saturated rings. The maximum Gasteiger partial charge on any atom is 0.408 e. The van der Waals surface area contributed by atoms with Crippen LogP contribution < -0.4 is 15.8 Å². The molecule has 10 nitrogen and oxygen atoms in total. The summed E-state index contributed by atoms with van der Waals surface area (Å²) in [7, 11) is 3.61. The molecule has 1 heterocycles. The van der Waals surface area contributed by atoms with Crippen molar-refractivity contribution >= 4 is 35.1 Å². The molecular formula is C27H30N4O6Y-2. The number of primary amides is 1. The van der Waals surface area contributed by atoms with Gasteiger partial charge in [-0.25, -0.2) is 4.79 Å². The summed E-state index contributed by atoms with van der Waals surface area (Å²) in [6, 6.07) is 9.68. The van der Waals surface area contributed by atoms with Gasteiger partial charge >= 0.3 is 6.09 Å². The van der Waals surface area contributed by atoms with E-state index in [1.165, 1.54) is 0 Å². The van der Waals surface area contributed by atoms with Gasteiger partial charge in [-0.15, -0.1) is 0 Å². The van der Waals surface area contributed by atoms with Crippen LogP contribution in [0.25, 0.3) is 10.9 Å². The zero-order valence-corrected chi connectivity index (χ0v) is 24.4. The minimum Gasteiger partial charge on any atom is -0.508 e. The van der Waals surface area contributed by atoms with Crippen molar-refractivity contribution in [3.05, 3.63) is 73.8 Å². The molecule has 38 heavy (non-hydrogen) atoms. The van der Waals surface area contributed by atoms with E-state index in [0.29, 0.717) is 22.6 Å². The monoisotopic (exact) mass is 595 g/mol. The number of nitrogens with zero attached hydrogens (tertiary/aromatic N) is 1. The van der Waals surface area contributed by atoms with Gasteiger partial charge in [0.15, 0.2) is 0 Å². The van der Waals surface area contributed by atoms with Crippen molar-refractivity contribution in [2.75, 3.05) is 0 Å². The quantitative estimate of drug-likeness (QED) is 0.255. The van der Waals surface area contributed by atoms with Crippen LogP contribution >= 0.6 is 0 Å². The van der Waals surface area contributed by atoms with Crippen molar-refractivity contribution in [2.45, 2.75) is 44.9 Å². The van der Waals surface area contributed by atoms with Gasteiger partial charge in [-0.2, -0.15) is 0 Å². The second kappa shape index (κ2) is 13.0. The minimum atomic E-state index is -1.23. The van der Waals surface area contributed by atoms with Crippen molar-refractivity contribution in [3.63, 3.8) is 0 Å². The van der Waals surface area contributed by atoms with E-state index >= 15 is 0 Å². The van der Waals surface area contributed by atoms with Gasteiger partial charge in [0.05, 0.1) is 0 Å². The van der Waals surface area contributed by atoms with Gasteiger partial charge in [0.25, 0.3) is 0 Å². The van der Waals surface area contributed by atoms with Gasteiger partial charge < -0.3 is 37.3 Å². The molecule has 11 heteroatoms. The third kappa shape index (κ3) is 8.13. The van der Waals surface area contributed by atoms with Crippen LogP contribution in [0.5, 0.6) is 11.5 Å². The van der Waals surface area contributed by atoms with Crippen molar-refractivity contribution in [1.82, 2.24) is 15.2 Å². The summed E-state index contributed by atoms with van der Waals surface area (Å²) in [5.74, 6) is -0.432. The van der Waals surface area contributed by atoms with Gasteiger partial charge in [-0.1, -0.05) is 0 Å². The van der Waals surface area contributed by atoms with Crippen LogP contribution in [0, 0.1) is 14.0 Å². The minimum absolute atomic E-state index is 0. The van der Waals surface area contributed by atoms with Crippen molar-refractivity contribution < 1.29 is 61.4 Å². The molecule has 2 aromatic carbocycles. The normalized spacial score (nSPS) is 12.6. The molecule has 1 aromatic heterocycles. The van der Waals surface area contributed by atoms with Crippen molar-refractivity contribution in [3.8, 4) is 11.5 Å². The van der Waals surface area contributed by atoms with Crippen molar-refractivity contribution in [2.24, 2.45) is 5.73 Å². The molecule has 2 atom stereocenters. The summed E-state index contributed by atoms with van der Waals surface area (Å²) in [6.07, 6.45) is 1.71. The molecule has 0 aliphatic carbocycles. The fourth-order valence-corrected chi connectivity index (χ4v) is 3.52. The summed E-state index contributed by atoms with van der Waals surface area (Å²) in [5.41, 5.74) is 6.50. The number of alkyl carbamates (subject to hydrolysis) is 1. The molecular weight excluding hydrogens is 565 g/mol. The standard InChI is InChI=1S/C27H30N4O6.Y/c1-16(24(28)33)31(5)25(34)23(30-26(35)37-27(2,3)4)12-18-14-29-22-11-10-20(13-21(18)22)36-19-8-6-17(15-32)7-9-19;/h6-11,13-16,23,29H,1,5,12H2,2-4H3,(H2,28,33)(H,30,35);/q-2;. The van der Waals surface area contributed by atoms with Crippen LogP contribution in [-0.4, -0.2) is 51.8 Å². The van der Waals surface area contributed by atoms with Gasteiger partial charge in [0, 0.05) is 61.8 Å². The van der Waals surface area contributed by atoms with Crippen LogP contribution in [0.4, 0.5) is 4.79 Å². The average molecular weight is 595 g/mol. The summed E-state index contributed by atoms with van der Waals surface area (Å²) in [6.45, 7) is 8.67. The van der Waals surface area contributed by atoms with E-state index in [0.717, 1.165) is 22.1 Å². The Bertz CT molecular complexity index is 1300. The van der Waals surface area contributed by atoms with Crippen LogP contribution in [0.2, 0.25) is 0 Å². The number of nitrogens with one attached hydrogen (secondary N) is 2. The van der Waals surface area contributed by atoms with Gasteiger partial charge in [-0.3, -0.25) is 21.4 Å². The number of aldehydes is 1. The first-order valence-corrected chi connectivity index (χ1v) is 11.5. The first kappa shape index (κ1) is 31.0. The summed E-state index contributed by atoms with van der Waals surface area (Å²) in [5, 5.41) is 3.32. The fourth-order valence-electron chi connectivity index (χ4n) is 3.52. The van der Waals surface area contributed by atoms with Gasteiger partial charge in [-0.05, 0) is 74.8 Å². The Balaban J connectivity index is 0.00000507. The Morgan fingerprint density at radius 3 is 2.34 bits per heavy atom. The average Bonchev–Trinajstić information content (AvgIpc) is 3.23. The van der Waals surface area contributed by atoms with E-state index in [4.69, 9.17) is 15.2 Å². The largest absolute Gasteiger partial charge is 0.508 e. The van der Waals surface area contributed by atoms with Gasteiger partial charge in [0.2, 0.25) is 11.8 Å². The second-order valence-electron chi connectivity index (χ2n) is 9.44. The molecule has 4 N–H and O–H groups in total. The SMILES string of the molecule is [CH2-]C(C(N)=O)N([CH2-])C(=O)C(Cc1c[nH]c2ccc(Oc3ccc(C=O)cc3)cc12)NC(=O)OC(C)(C)C.[Y]. The van der Waals surface area contributed by atoms with Crippen molar-refractivity contribution in [1.29, 1.82) is 0 Å². The van der Waals surface area contributed by atoms with E-state index in [2.05, 4.69) is 24.3 Å². The van der Waals surface area contributed by atoms with Crippen LogP contribution in [0.15, 0.2) is 48.7 Å². The number of amides is 3. The van der Waals surface area contributed by atoms with Crippen LogP contribution in [-0.2, 0) is 53.5 Å². The smallest absolute Gasteiger partial charge is 0.408 e. The first-order chi connectivity index (χ1) is 17.4. The molecule has 3 aromatic rings. The number of aromatic amines is 1. The number of fused-ring (bicyclic) bond motifs is 1. The zero-order valence-electron chi connectivity index (χ0n) is 21.5. The van der Waals surface area contributed by atoms with E-state index in [1.54, 1.807) is 63.4 Å². The third-order valence-corrected chi connectivity index (χ3v) is 5.39. The van der Waals surface area contributed by atoms with E-state index in [1.807, 2.05) is 6.07 Å². The number of carbonyl (C=O) groups is 4. The predicted molar refractivity (Wildman–Crippen MR) is 138 cm³/mol. The number of benzene rings is 2. The van der Waals surface area contributed by atoms with E-state index in [9.17, 15) is 19.2 Å². The number of hydrogen-bond donors (Lipinski definition) is 3. The third-order valence-electron chi connectivity index (χ3n) is 5.39. The molecule has 1 radical (unpaired) electrons. The Hall–Kier alpha value is -3.24. The van der Waals surface area contributed by atoms with Crippen LogP contribution in [0.3, 0.4) is 0 Å². The Morgan fingerprint density at radius 1 is 1.13 bits per heavy atom. The summed E-state index contributed by atoms with van der Waals surface area (Å²) < 4.78 is 11.2. The number of nitrogens with two attached hydrogens (primary N) is 1. The molecule has 3 amide bonds. The number of aromatic nitrogens is 1. The Labute approximate surface area is 246 Å². The Morgan fingerprint density at radius 2 is 1.76 bits per heavy atom. The molecule has 0 spiro atoms. The molecule has 0 aliphatic rings. The number of hydrogen-bond acceptors (Lipinski definition) is 6. The number of H-pyrrole nitrogens is 1.